The van der Waals surface area contributed by atoms with E-state index in [-0.39, 0.29) is 18.1 Å². The zero-order valence-electron chi connectivity index (χ0n) is 16.8. The third-order valence-electron chi connectivity index (χ3n) is 6.17. The number of fused-ring (bicyclic) bond motifs is 1. The Morgan fingerprint density at radius 2 is 1.83 bits per heavy atom. The van der Waals surface area contributed by atoms with Crippen LogP contribution < -0.4 is 0 Å². The maximum Gasteiger partial charge on any atom is 0.247 e. The van der Waals surface area contributed by atoms with Gasteiger partial charge in [-0.2, -0.15) is 0 Å². The highest BCUT2D eigenvalue weighted by atomic mass is 32.1. The first-order valence-electron chi connectivity index (χ1n) is 10.5. The standard InChI is InChI=1S/C25H26N2OS/c1-26-24(23-17-19-12-8-9-15-22(19)29-23)27(20-13-6-3-7-14-20)21(25(26)28)16-18-10-4-2-5-11-18/h2,4-5,8-13,15,17,21,24H,3,6-7,14,16H2,1H3/t21-,24+/m0/s1. The zero-order chi connectivity index (χ0) is 19.8. The van der Waals surface area contributed by atoms with Gasteiger partial charge < -0.3 is 9.80 Å². The predicted octanol–water partition coefficient (Wildman–Crippen LogP) is 5.74. The average Bonchev–Trinajstić information content (AvgIpc) is 3.29. The third-order valence-corrected chi connectivity index (χ3v) is 7.32. The summed E-state index contributed by atoms with van der Waals surface area (Å²) in [6.07, 6.45) is 7.74. The van der Waals surface area contributed by atoms with E-state index in [1.807, 2.05) is 29.4 Å². The van der Waals surface area contributed by atoms with Crippen LogP contribution in [0.5, 0.6) is 0 Å². The number of carbonyl (C=O) groups is 1. The monoisotopic (exact) mass is 402 g/mol. The number of likely N-dealkylation sites (N-methyl/N-ethyl adjacent to an activating group) is 1. The Hall–Kier alpha value is -2.59. The molecule has 2 heterocycles. The van der Waals surface area contributed by atoms with Crippen LogP contribution in [0.3, 0.4) is 0 Å². The number of rotatable bonds is 4. The predicted molar refractivity (Wildman–Crippen MR) is 120 cm³/mol. The topological polar surface area (TPSA) is 23.6 Å². The summed E-state index contributed by atoms with van der Waals surface area (Å²) in [5.74, 6) is 0.225. The molecular formula is C25H26N2OS. The van der Waals surface area contributed by atoms with Crippen molar-refractivity contribution >= 4 is 27.3 Å². The third kappa shape index (κ3) is 3.36. The van der Waals surface area contributed by atoms with Gasteiger partial charge in [-0.1, -0.05) is 54.6 Å². The first kappa shape index (κ1) is 18.4. The molecule has 1 aromatic heterocycles. The lowest BCUT2D eigenvalue weighted by atomic mass is 9.99. The van der Waals surface area contributed by atoms with Gasteiger partial charge in [0, 0.05) is 28.7 Å². The van der Waals surface area contributed by atoms with Crippen molar-refractivity contribution in [2.24, 2.45) is 0 Å². The molecule has 2 aromatic carbocycles. The van der Waals surface area contributed by atoms with E-state index in [1.54, 1.807) is 0 Å². The Labute approximate surface area is 176 Å². The van der Waals surface area contributed by atoms with Crippen LogP contribution in [0.1, 0.15) is 42.3 Å². The van der Waals surface area contributed by atoms with E-state index in [2.05, 4.69) is 65.6 Å². The summed E-state index contributed by atoms with van der Waals surface area (Å²) >= 11 is 1.81. The van der Waals surface area contributed by atoms with Crippen LogP contribution in [-0.2, 0) is 11.2 Å². The highest BCUT2D eigenvalue weighted by molar-refractivity contribution is 7.19. The van der Waals surface area contributed by atoms with Gasteiger partial charge in [-0.15, -0.1) is 11.3 Å². The lowest BCUT2D eigenvalue weighted by Gasteiger charge is -2.35. The van der Waals surface area contributed by atoms with E-state index in [1.165, 1.54) is 39.1 Å². The first-order chi connectivity index (χ1) is 14.2. The van der Waals surface area contributed by atoms with Crippen LogP contribution in [0.4, 0.5) is 0 Å². The Morgan fingerprint density at radius 1 is 1.03 bits per heavy atom. The molecule has 1 amide bonds. The smallest absolute Gasteiger partial charge is 0.247 e. The van der Waals surface area contributed by atoms with Gasteiger partial charge in [0.2, 0.25) is 5.91 Å². The molecule has 3 aromatic rings. The highest BCUT2D eigenvalue weighted by Crippen LogP contribution is 2.43. The van der Waals surface area contributed by atoms with Gasteiger partial charge in [-0.05, 0) is 48.8 Å². The fourth-order valence-corrected chi connectivity index (χ4v) is 5.93. The van der Waals surface area contributed by atoms with Crippen molar-refractivity contribution in [1.29, 1.82) is 0 Å². The molecule has 1 aliphatic heterocycles. The molecule has 5 rings (SSSR count). The fraction of sp³-hybridized carbons (Fsp3) is 0.320. The first-order valence-corrected chi connectivity index (χ1v) is 11.3. The molecule has 0 bridgehead atoms. The average molecular weight is 403 g/mol. The molecule has 2 atom stereocenters. The maximum atomic E-state index is 13.4. The Bertz CT molecular complexity index is 1020. The van der Waals surface area contributed by atoms with Crippen molar-refractivity contribution < 1.29 is 4.79 Å². The van der Waals surface area contributed by atoms with Crippen molar-refractivity contribution in [2.75, 3.05) is 7.05 Å². The van der Waals surface area contributed by atoms with E-state index in [0.29, 0.717) is 0 Å². The van der Waals surface area contributed by atoms with Crippen LogP contribution in [0.2, 0.25) is 0 Å². The molecule has 1 aliphatic carbocycles. The number of hydrogen-bond donors (Lipinski definition) is 0. The normalized spacial score (nSPS) is 22.4. The number of hydrogen-bond acceptors (Lipinski definition) is 3. The van der Waals surface area contributed by atoms with Crippen molar-refractivity contribution in [3.8, 4) is 0 Å². The summed E-state index contributed by atoms with van der Waals surface area (Å²) in [4.78, 5) is 19.1. The summed E-state index contributed by atoms with van der Waals surface area (Å²) < 4.78 is 1.28. The molecule has 1 fully saturated rings. The lowest BCUT2D eigenvalue weighted by Crippen LogP contribution is -2.36. The van der Waals surface area contributed by atoms with E-state index >= 15 is 0 Å². The maximum absolute atomic E-state index is 13.4. The van der Waals surface area contributed by atoms with Crippen LogP contribution >= 0.6 is 11.3 Å². The van der Waals surface area contributed by atoms with Crippen molar-refractivity contribution in [1.82, 2.24) is 9.80 Å². The highest BCUT2D eigenvalue weighted by Gasteiger charge is 2.46. The van der Waals surface area contributed by atoms with Gasteiger partial charge in [0.15, 0.2) is 0 Å². The van der Waals surface area contributed by atoms with Crippen LogP contribution in [-0.4, -0.2) is 28.8 Å². The quantitative estimate of drug-likeness (QED) is 0.555. The second-order valence-electron chi connectivity index (χ2n) is 8.06. The summed E-state index contributed by atoms with van der Waals surface area (Å²) in [5, 5.41) is 1.26. The summed E-state index contributed by atoms with van der Waals surface area (Å²) in [6, 6.07) is 21.1. The van der Waals surface area contributed by atoms with Gasteiger partial charge in [0.1, 0.15) is 12.2 Å². The van der Waals surface area contributed by atoms with Gasteiger partial charge >= 0.3 is 0 Å². The minimum atomic E-state index is -0.137. The lowest BCUT2D eigenvalue weighted by molar-refractivity contribution is -0.128. The van der Waals surface area contributed by atoms with Gasteiger partial charge in [-0.3, -0.25) is 4.79 Å². The van der Waals surface area contributed by atoms with Crippen LogP contribution in [0.15, 0.2) is 72.4 Å². The van der Waals surface area contributed by atoms with E-state index < -0.39 is 0 Å². The second-order valence-corrected chi connectivity index (χ2v) is 9.18. The van der Waals surface area contributed by atoms with E-state index in [9.17, 15) is 4.79 Å². The second kappa shape index (κ2) is 7.68. The molecular weight excluding hydrogens is 376 g/mol. The minimum Gasteiger partial charge on any atom is -0.338 e. The SMILES string of the molecule is CN1C(=O)[C@H](Cc2ccccc2)N(C2=CCCCC2)[C@@H]1c1cc2ccccc2s1. The van der Waals surface area contributed by atoms with Crippen molar-refractivity contribution in [2.45, 2.75) is 44.3 Å². The van der Waals surface area contributed by atoms with Crippen LogP contribution in [0.25, 0.3) is 10.1 Å². The van der Waals surface area contributed by atoms with E-state index in [0.717, 1.165) is 19.3 Å². The number of carbonyl (C=O) groups excluding carboxylic acids is 1. The molecule has 29 heavy (non-hydrogen) atoms. The number of amides is 1. The summed E-state index contributed by atoms with van der Waals surface area (Å²) in [6.45, 7) is 0. The summed E-state index contributed by atoms with van der Waals surface area (Å²) in [7, 11) is 1.97. The molecule has 148 valence electrons. The Kier molecular flexibility index (Phi) is 4.88. The van der Waals surface area contributed by atoms with Gasteiger partial charge in [0.25, 0.3) is 0 Å². The zero-order valence-corrected chi connectivity index (χ0v) is 17.6. The van der Waals surface area contributed by atoms with Gasteiger partial charge in [0.05, 0.1) is 0 Å². The number of thiophene rings is 1. The largest absolute Gasteiger partial charge is 0.338 e. The summed E-state index contributed by atoms with van der Waals surface area (Å²) in [5.41, 5.74) is 2.56. The molecule has 0 spiro atoms. The van der Waals surface area contributed by atoms with Gasteiger partial charge in [-0.25, -0.2) is 0 Å². The number of benzene rings is 2. The molecule has 0 saturated carbocycles. The van der Waals surface area contributed by atoms with Crippen molar-refractivity contribution in [3.05, 3.63) is 82.9 Å². The number of allylic oxidation sites excluding steroid dienone is 2. The Morgan fingerprint density at radius 3 is 2.59 bits per heavy atom. The number of nitrogens with zero attached hydrogens (tertiary/aromatic N) is 2. The molecule has 0 N–H and O–H groups in total. The van der Waals surface area contributed by atoms with Crippen molar-refractivity contribution in [3.63, 3.8) is 0 Å². The van der Waals surface area contributed by atoms with Crippen LogP contribution in [0, 0.1) is 0 Å². The fourth-order valence-electron chi connectivity index (χ4n) is 4.73. The molecule has 2 aliphatic rings. The Balaban J connectivity index is 1.58. The minimum absolute atomic E-state index is 0.0158. The van der Waals surface area contributed by atoms with E-state index in [4.69, 9.17) is 0 Å². The molecule has 3 nitrogen and oxygen atoms in total. The molecule has 1 saturated heterocycles. The molecule has 0 unspecified atom stereocenters. The molecule has 0 radical (unpaired) electrons. The molecule has 4 heteroatoms.